The van der Waals surface area contributed by atoms with Crippen LogP contribution in [0.2, 0.25) is 0 Å². The predicted octanol–water partition coefficient (Wildman–Crippen LogP) is 1.63. The van der Waals surface area contributed by atoms with Gasteiger partial charge in [0.15, 0.2) is 0 Å². The van der Waals surface area contributed by atoms with Gasteiger partial charge in [0, 0.05) is 13.5 Å². The van der Waals surface area contributed by atoms with Gasteiger partial charge in [-0.05, 0) is 24.1 Å². The molecule has 1 aromatic rings. The van der Waals surface area contributed by atoms with Gasteiger partial charge in [-0.25, -0.2) is 4.39 Å². The Hall–Kier alpha value is -1.58. The Kier molecular flexibility index (Phi) is 2.81. The number of carbonyl (C=O) groups is 1. The zero-order valence-electron chi connectivity index (χ0n) is 9.34. The van der Waals surface area contributed by atoms with E-state index in [4.69, 9.17) is 4.74 Å². The van der Waals surface area contributed by atoms with Crippen molar-refractivity contribution in [2.45, 2.75) is 19.4 Å². The molecule has 86 valence electrons. The van der Waals surface area contributed by atoms with Gasteiger partial charge in [-0.2, -0.15) is 0 Å². The maximum Gasteiger partial charge on any atom is 0.254 e. The number of ether oxygens (including phenoxy) is 1. The molecule has 1 aliphatic heterocycles. The number of nitrogens with one attached hydrogen (secondary N) is 1. The van der Waals surface area contributed by atoms with Crippen LogP contribution < -0.4 is 10.1 Å². The first-order valence-electron chi connectivity index (χ1n) is 5.24. The molecule has 0 saturated carbocycles. The van der Waals surface area contributed by atoms with Crippen molar-refractivity contribution in [1.29, 1.82) is 0 Å². The number of benzene rings is 1. The Morgan fingerprint density at radius 1 is 1.62 bits per heavy atom. The zero-order chi connectivity index (χ0) is 11.7. The number of fused-ring (bicyclic) bond motifs is 1. The fraction of sp³-hybridized carbons (Fsp3) is 0.417. The Morgan fingerprint density at radius 3 is 3.00 bits per heavy atom. The van der Waals surface area contributed by atoms with Gasteiger partial charge in [-0.1, -0.05) is 6.07 Å². The first-order chi connectivity index (χ1) is 7.65. The van der Waals surface area contributed by atoms with Crippen LogP contribution in [-0.2, 0) is 6.42 Å². The van der Waals surface area contributed by atoms with Crippen molar-refractivity contribution in [3.63, 3.8) is 0 Å². The lowest BCUT2D eigenvalue weighted by molar-refractivity contribution is 0.0956. The summed E-state index contributed by atoms with van der Waals surface area (Å²) >= 11 is 0. The van der Waals surface area contributed by atoms with E-state index in [0.717, 1.165) is 11.1 Å². The maximum absolute atomic E-state index is 12.6. The van der Waals surface area contributed by atoms with Gasteiger partial charge in [0.2, 0.25) is 0 Å². The first-order valence-corrected chi connectivity index (χ1v) is 5.24. The standard InChI is InChI=1S/C12H14FNO2/c1-7-3-8-5-9(6-13)16-11(8)10(4-7)12(15)14-2/h3-4,9H,5-6H2,1-2H3,(H,14,15). The van der Waals surface area contributed by atoms with Crippen LogP contribution in [0.3, 0.4) is 0 Å². The average molecular weight is 223 g/mol. The second-order valence-corrected chi connectivity index (χ2v) is 3.98. The number of alkyl halides is 1. The summed E-state index contributed by atoms with van der Waals surface area (Å²) in [6, 6.07) is 3.70. The van der Waals surface area contributed by atoms with Crippen LogP contribution >= 0.6 is 0 Å². The van der Waals surface area contributed by atoms with Crippen LogP contribution in [0.4, 0.5) is 4.39 Å². The second kappa shape index (κ2) is 4.12. The molecule has 0 spiro atoms. The van der Waals surface area contributed by atoms with E-state index < -0.39 is 12.8 Å². The third-order valence-electron chi connectivity index (χ3n) is 2.69. The normalized spacial score (nSPS) is 17.8. The molecule has 0 radical (unpaired) electrons. The van der Waals surface area contributed by atoms with Crippen LogP contribution in [0, 0.1) is 6.92 Å². The molecule has 3 nitrogen and oxygen atoms in total. The van der Waals surface area contributed by atoms with E-state index in [2.05, 4.69) is 5.32 Å². The van der Waals surface area contributed by atoms with Crippen LogP contribution in [0.1, 0.15) is 21.5 Å². The summed E-state index contributed by atoms with van der Waals surface area (Å²) in [5.41, 5.74) is 2.40. The van der Waals surface area contributed by atoms with Crippen molar-refractivity contribution in [3.05, 3.63) is 28.8 Å². The van der Waals surface area contributed by atoms with Gasteiger partial charge in [0.1, 0.15) is 18.5 Å². The Morgan fingerprint density at radius 2 is 2.38 bits per heavy atom. The number of halogens is 1. The van der Waals surface area contributed by atoms with E-state index in [-0.39, 0.29) is 5.91 Å². The minimum Gasteiger partial charge on any atom is -0.486 e. The van der Waals surface area contributed by atoms with Crippen LogP contribution in [0.25, 0.3) is 0 Å². The molecule has 1 N–H and O–H groups in total. The second-order valence-electron chi connectivity index (χ2n) is 3.98. The number of aryl methyl sites for hydroxylation is 1. The van der Waals surface area contributed by atoms with Gasteiger partial charge < -0.3 is 10.1 Å². The summed E-state index contributed by atoms with van der Waals surface area (Å²) in [6.45, 7) is 1.39. The van der Waals surface area contributed by atoms with Crippen molar-refractivity contribution in [2.24, 2.45) is 0 Å². The molecule has 1 aliphatic rings. The lowest BCUT2D eigenvalue weighted by Gasteiger charge is -2.09. The zero-order valence-corrected chi connectivity index (χ0v) is 9.34. The molecule has 1 aromatic carbocycles. The van der Waals surface area contributed by atoms with Gasteiger partial charge in [0.25, 0.3) is 5.91 Å². The number of rotatable bonds is 2. The molecule has 4 heteroatoms. The SMILES string of the molecule is CNC(=O)c1cc(C)cc2c1OC(CF)C2. The molecule has 0 fully saturated rings. The minimum absolute atomic E-state index is 0.195. The van der Waals surface area contributed by atoms with Gasteiger partial charge >= 0.3 is 0 Å². The molecular weight excluding hydrogens is 209 g/mol. The van der Waals surface area contributed by atoms with Gasteiger partial charge in [-0.3, -0.25) is 4.79 Å². The molecule has 0 bridgehead atoms. The van der Waals surface area contributed by atoms with Crippen LogP contribution in [0.15, 0.2) is 12.1 Å². The summed E-state index contributed by atoms with van der Waals surface area (Å²) in [5.74, 6) is 0.340. The minimum atomic E-state index is -0.527. The first kappa shape index (κ1) is 10.9. The summed E-state index contributed by atoms with van der Waals surface area (Å²) in [4.78, 5) is 11.6. The van der Waals surface area contributed by atoms with E-state index >= 15 is 0 Å². The molecule has 1 heterocycles. The topological polar surface area (TPSA) is 38.3 Å². The molecule has 1 amide bonds. The summed E-state index contributed by atoms with van der Waals surface area (Å²) in [6.07, 6.45) is 0.0949. The van der Waals surface area contributed by atoms with E-state index in [1.54, 1.807) is 13.1 Å². The molecule has 0 aromatic heterocycles. The van der Waals surface area contributed by atoms with Gasteiger partial charge in [-0.15, -0.1) is 0 Å². The Labute approximate surface area is 93.6 Å². The molecule has 1 unspecified atom stereocenters. The van der Waals surface area contributed by atoms with Gasteiger partial charge in [0.05, 0.1) is 5.56 Å². The highest BCUT2D eigenvalue weighted by molar-refractivity contribution is 5.97. The smallest absolute Gasteiger partial charge is 0.254 e. The molecular formula is C12H14FNO2. The third kappa shape index (κ3) is 1.75. The lowest BCUT2D eigenvalue weighted by atomic mass is 10.0. The van der Waals surface area contributed by atoms with Crippen molar-refractivity contribution in [3.8, 4) is 5.75 Å². The summed E-state index contributed by atoms with van der Waals surface area (Å²) < 4.78 is 18.0. The molecule has 0 saturated heterocycles. The monoisotopic (exact) mass is 223 g/mol. The highest BCUT2D eigenvalue weighted by Crippen LogP contribution is 2.33. The fourth-order valence-corrected chi connectivity index (χ4v) is 1.98. The van der Waals surface area contributed by atoms with E-state index in [9.17, 15) is 9.18 Å². The number of hydrogen-bond acceptors (Lipinski definition) is 2. The fourth-order valence-electron chi connectivity index (χ4n) is 1.98. The maximum atomic E-state index is 12.6. The average Bonchev–Trinajstić information content (AvgIpc) is 2.69. The lowest BCUT2D eigenvalue weighted by Crippen LogP contribution is -2.20. The quantitative estimate of drug-likeness (QED) is 0.827. The van der Waals surface area contributed by atoms with Crippen molar-refractivity contribution < 1.29 is 13.9 Å². The highest BCUT2D eigenvalue weighted by atomic mass is 19.1. The number of carbonyl (C=O) groups excluding carboxylic acids is 1. The Bertz CT molecular complexity index is 431. The molecule has 1 atom stereocenters. The largest absolute Gasteiger partial charge is 0.486 e. The molecule has 16 heavy (non-hydrogen) atoms. The van der Waals surface area contributed by atoms with Crippen molar-refractivity contribution in [1.82, 2.24) is 5.32 Å². The van der Waals surface area contributed by atoms with Crippen molar-refractivity contribution >= 4 is 5.91 Å². The Balaban J connectivity index is 2.45. The number of hydrogen-bond donors (Lipinski definition) is 1. The van der Waals surface area contributed by atoms with E-state index in [1.807, 2.05) is 13.0 Å². The predicted molar refractivity (Wildman–Crippen MR) is 58.7 cm³/mol. The van der Waals surface area contributed by atoms with E-state index in [1.165, 1.54) is 0 Å². The van der Waals surface area contributed by atoms with Crippen molar-refractivity contribution in [2.75, 3.05) is 13.7 Å². The third-order valence-corrected chi connectivity index (χ3v) is 2.69. The summed E-state index contributed by atoms with van der Waals surface area (Å²) in [7, 11) is 1.57. The molecule has 0 aliphatic carbocycles. The molecule has 2 rings (SSSR count). The number of amides is 1. The highest BCUT2D eigenvalue weighted by Gasteiger charge is 2.27. The van der Waals surface area contributed by atoms with E-state index in [0.29, 0.717) is 17.7 Å². The van der Waals surface area contributed by atoms with Crippen LogP contribution in [-0.4, -0.2) is 25.7 Å². The summed E-state index contributed by atoms with van der Waals surface area (Å²) in [5, 5.41) is 2.56. The van der Waals surface area contributed by atoms with Crippen LogP contribution in [0.5, 0.6) is 5.75 Å².